The summed E-state index contributed by atoms with van der Waals surface area (Å²) in [5, 5.41) is 6.35. The quantitative estimate of drug-likeness (QED) is 0.465. The third-order valence-corrected chi connectivity index (χ3v) is 6.20. The van der Waals surface area contributed by atoms with Crippen molar-refractivity contribution in [2.24, 2.45) is 11.0 Å². The molecule has 2 atom stereocenters. The summed E-state index contributed by atoms with van der Waals surface area (Å²) in [7, 11) is 0. The van der Waals surface area contributed by atoms with E-state index in [4.69, 9.17) is 30.3 Å². The van der Waals surface area contributed by atoms with Gasteiger partial charge in [-0.2, -0.15) is 5.10 Å². The summed E-state index contributed by atoms with van der Waals surface area (Å²) in [6, 6.07) is 13.5. The summed E-state index contributed by atoms with van der Waals surface area (Å²) in [4.78, 5) is 25.6. The zero-order valence-electron chi connectivity index (χ0n) is 17.6. The number of ether oxygens (including phenoxy) is 1. The Hall–Kier alpha value is -3.58. The highest BCUT2D eigenvalue weighted by Gasteiger charge is 2.45. The van der Waals surface area contributed by atoms with Crippen molar-refractivity contribution >= 4 is 35.3 Å². The molecule has 5 rings (SSSR count). The molecular formula is C25H21ClN2O5. The lowest BCUT2D eigenvalue weighted by atomic mass is 9.79. The number of halogens is 1. The Morgan fingerprint density at radius 2 is 1.94 bits per heavy atom. The van der Waals surface area contributed by atoms with Gasteiger partial charge >= 0.3 is 5.97 Å². The molecule has 33 heavy (non-hydrogen) atoms. The van der Waals surface area contributed by atoms with Gasteiger partial charge in [-0.1, -0.05) is 23.7 Å². The van der Waals surface area contributed by atoms with Crippen LogP contribution in [0.2, 0.25) is 5.02 Å². The summed E-state index contributed by atoms with van der Waals surface area (Å²) in [6.45, 7) is -0.456. The molecular weight excluding hydrogens is 444 g/mol. The third kappa shape index (κ3) is 4.24. The third-order valence-electron chi connectivity index (χ3n) is 5.87. The average molecular weight is 465 g/mol. The van der Waals surface area contributed by atoms with Gasteiger partial charge in [-0.15, -0.1) is 0 Å². The molecule has 1 fully saturated rings. The fourth-order valence-corrected chi connectivity index (χ4v) is 4.60. The van der Waals surface area contributed by atoms with E-state index in [0.29, 0.717) is 5.76 Å². The molecule has 0 bridgehead atoms. The molecule has 0 radical (unpaired) electrons. The first-order valence-electron chi connectivity index (χ1n) is 10.7. The lowest BCUT2D eigenvalue weighted by Gasteiger charge is -2.27. The first kappa shape index (κ1) is 21.3. The predicted molar refractivity (Wildman–Crippen MR) is 121 cm³/mol. The van der Waals surface area contributed by atoms with Crippen LogP contribution in [0.3, 0.4) is 0 Å². The number of benzene rings is 1. The van der Waals surface area contributed by atoms with Gasteiger partial charge in [0.1, 0.15) is 17.6 Å². The normalized spacial score (nSPS) is 21.1. The Labute approximate surface area is 195 Å². The van der Waals surface area contributed by atoms with E-state index in [0.717, 1.165) is 36.3 Å². The number of furan rings is 2. The second-order valence-corrected chi connectivity index (χ2v) is 8.33. The molecule has 1 aliphatic heterocycles. The number of fused-ring (bicyclic) bond motifs is 1. The first-order valence-corrected chi connectivity index (χ1v) is 11.1. The van der Waals surface area contributed by atoms with E-state index in [-0.39, 0.29) is 16.5 Å². The minimum atomic E-state index is -0.661. The topological polar surface area (TPSA) is 85.3 Å². The van der Waals surface area contributed by atoms with Gasteiger partial charge in [0.2, 0.25) is 0 Å². The van der Waals surface area contributed by atoms with Crippen LogP contribution in [0.5, 0.6) is 0 Å². The van der Waals surface area contributed by atoms with Crippen LogP contribution in [0.4, 0.5) is 0 Å². The number of nitrogens with zero attached hydrogens (tertiary/aromatic N) is 2. The summed E-state index contributed by atoms with van der Waals surface area (Å²) < 4.78 is 16.4. The van der Waals surface area contributed by atoms with Crippen molar-refractivity contribution in [2.75, 3.05) is 6.61 Å². The highest BCUT2D eigenvalue weighted by molar-refractivity contribution is 6.33. The molecule has 0 spiro atoms. The molecule has 1 aliphatic carbocycles. The SMILES string of the molecule is O=C(OCC(=O)N1N=C2/C(=C/c3ccco3)CCC[C@@H]2[C@@H]1c1ccco1)c1ccccc1Cl. The molecule has 1 amide bonds. The number of esters is 1. The lowest BCUT2D eigenvalue weighted by molar-refractivity contribution is -0.137. The standard InChI is InChI=1S/C25H21ClN2O5/c26-20-10-2-1-8-18(20)25(30)33-15-22(29)28-24(21-11-5-13-32-21)19-9-3-6-16(23(19)27-28)14-17-7-4-12-31-17/h1-2,4-5,7-8,10-14,19,24H,3,6,9,15H2/b16-14+/t19-,24+/m0/s1. The Kier molecular flexibility index (Phi) is 5.88. The minimum absolute atomic E-state index is 0.0191. The lowest BCUT2D eigenvalue weighted by Crippen LogP contribution is -2.34. The number of rotatable bonds is 5. The van der Waals surface area contributed by atoms with Gasteiger partial charge in [-0.25, -0.2) is 9.80 Å². The van der Waals surface area contributed by atoms with Crippen LogP contribution in [-0.2, 0) is 9.53 Å². The Morgan fingerprint density at radius 1 is 1.12 bits per heavy atom. The van der Waals surface area contributed by atoms with Gasteiger partial charge in [0, 0.05) is 5.92 Å². The van der Waals surface area contributed by atoms with Crippen LogP contribution in [0.25, 0.3) is 6.08 Å². The van der Waals surface area contributed by atoms with E-state index < -0.39 is 24.5 Å². The minimum Gasteiger partial charge on any atom is -0.467 e. The number of carbonyl (C=O) groups is 2. The molecule has 8 heteroatoms. The summed E-state index contributed by atoms with van der Waals surface area (Å²) in [6.07, 6.45) is 7.83. The zero-order chi connectivity index (χ0) is 22.8. The highest BCUT2D eigenvalue weighted by atomic mass is 35.5. The van der Waals surface area contributed by atoms with E-state index in [2.05, 4.69) is 0 Å². The maximum Gasteiger partial charge on any atom is 0.340 e. The largest absolute Gasteiger partial charge is 0.467 e. The molecule has 168 valence electrons. The number of amides is 1. The van der Waals surface area contributed by atoms with Crippen LogP contribution in [0.15, 0.2) is 80.6 Å². The molecule has 2 aliphatic rings. The maximum absolute atomic E-state index is 13.2. The summed E-state index contributed by atoms with van der Waals surface area (Å²) in [5.41, 5.74) is 2.07. The molecule has 7 nitrogen and oxygen atoms in total. The zero-order valence-corrected chi connectivity index (χ0v) is 18.4. The number of hydrogen-bond acceptors (Lipinski definition) is 6. The molecule has 0 saturated heterocycles. The highest BCUT2D eigenvalue weighted by Crippen LogP contribution is 2.44. The Morgan fingerprint density at radius 3 is 2.70 bits per heavy atom. The smallest absolute Gasteiger partial charge is 0.340 e. The van der Waals surface area contributed by atoms with Crippen molar-refractivity contribution < 1.29 is 23.2 Å². The molecule has 1 saturated carbocycles. The predicted octanol–water partition coefficient (Wildman–Crippen LogP) is 5.51. The molecule has 0 unspecified atom stereocenters. The molecule has 3 aromatic rings. The van der Waals surface area contributed by atoms with E-state index >= 15 is 0 Å². The Balaban J connectivity index is 1.40. The number of allylic oxidation sites excluding steroid dienone is 1. The van der Waals surface area contributed by atoms with Crippen LogP contribution >= 0.6 is 11.6 Å². The van der Waals surface area contributed by atoms with E-state index in [1.807, 2.05) is 24.3 Å². The van der Waals surface area contributed by atoms with E-state index in [9.17, 15) is 9.59 Å². The second-order valence-electron chi connectivity index (χ2n) is 7.92. The maximum atomic E-state index is 13.2. The number of hydrogen-bond donors (Lipinski definition) is 0. The van der Waals surface area contributed by atoms with E-state index in [1.165, 1.54) is 5.01 Å². The second kappa shape index (κ2) is 9.11. The summed E-state index contributed by atoms with van der Waals surface area (Å²) >= 11 is 6.06. The fraction of sp³-hybridized carbons (Fsp3) is 0.240. The fourth-order valence-electron chi connectivity index (χ4n) is 4.39. The van der Waals surface area contributed by atoms with Gasteiger partial charge in [-0.05, 0) is 67.3 Å². The monoisotopic (exact) mass is 464 g/mol. The van der Waals surface area contributed by atoms with Crippen LogP contribution in [0.1, 0.15) is 47.2 Å². The molecule has 1 aromatic carbocycles. The first-order chi connectivity index (χ1) is 16.1. The van der Waals surface area contributed by atoms with Crippen molar-refractivity contribution in [3.63, 3.8) is 0 Å². The van der Waals surface area contributed by atoms with Crippen molar-refractivity contribution in [1.82, 2.24) is 5.01 Å². The Bertz CT molecular complexity index is 1210. The molecule has 3 heterocycles. The van der Waals surface area contributed by atoms with Gasteiger partial charge in [-0.3, -0.25) is 4.79 Å². The van der Waals surface area contributed by atoms with Crippen LogP contribution < -0.4 is 0 Å². The number of hydrazone groups is 1. The van der Waals surface area contributed by atoms with Crippen molar-refractivity contribution in [2.45, 2.75) is 25.3 Å². The molecule has 0 N–H and O–H groups in total. The van der Waals surface area contributed by atoms with Gasteiger partial charge < -0.3 is 13.6 Å². The van der Waals surface area contributed by atoms with Crippen molar-refractivity contribution in [3.8, 4) is 0 Å². The van der Waals surface area contributed by atoms with Crippen molar-refractivity contribution in [3.05, 3.63) is 88.7 Å². The van der Waals surface area contributed by atoms with Crippen LogP contribution in [-0.4, -0.2) is 29.2 Å². The molecule has 2 aromatic heterocycles. The summed E-state index contributed by atoms with van der Waals surface area (Å²) in [5.74, 6) is 0.265. The van der Waals surface area contributed by atoms with Crippen LogP contribution in [0, 0.1) is 5.92 Å². The van der Waals surface area contributed by atoms with Gasteiger partial charge in [0.15, 0.2) is 6.61 Å². The average Bonchev–Trinajstić information content (AvgIpc) is 3.58. The van der Waals surface area contributed by atoms with E-state index in [1.54, 1.807) is 42.9 Å². The van der Waals surface area contributed by atoms with Gasteiger partial charge in [0.05, 0.1) is 28.8 Å². The van der Waals surface area contributed by atoms with Crippen molar-refractivity contribution in [1.29, 1.82) is 0 Å². The van der Waals surface area contributed by atoms with Gasteiger partial charge in [0.25, 0.3) is 5.91 Å². The number of carbonyl (C=O) groups excluding carboxylic acids is 2.